The number of rotatable bonds is 3. The van der Waals surface area contributed by atoms with Crippen LogP contribution in [0.2, 0.25) is 0 Å². The van der Waals surface area contributed by atoms with E-state index in [9.17, 15) is 4.79 Å². The number of pyridine rings is 1. The van der Waals surface area contributed by atoms with Crippen molar-refractivity contribution in [3.8, 4) is 10.7 Å². The molecule has 2 aromatic heterocycles. The van der Waals surface area contributed by atoms with E-state index in [1.54, 1.807) is 12.3 Å². The van der Waals surface area contributed by atoms with Crippen molar-refractivity contribution >= 4 is 45.9 Å². The Bertz CT molecular complexity index is 1020. The number of aliphatic imine (C=N–C) groups is 1. The van der Waals surface area contributed by atoms with E-state index in [4.69, 9.17) is 0 Å². The Hall–Kier alpha value is -2.77. The molecule has 0 atom stereocenters. The van der Waals surface area contributed by atoms with E-state index in [2.05, 4.69) is 20.3 Å². The lowest BCUT2D eigenvalue weighted by atomic mass is 10.2. The van der Waals surface area contributed by atoms with Gasteiger partial charge >= 0.3 is 0 Å². The summed E-state index contributed by atoms with van der Waals surface area (Å²) < 4.78 is 0. The number of amides is 1. The predicted octanol–water partition coefficient (Wildman–Crippen LogP) is 4.41. The van der Waals surface area contributed by atoms with Gasteiger partial charge in [-0.3, -0.25) is 9.78 Å². The molecule has 0 aliphatic carbocycles. The predicted molar refractivity (Wildman–Crippen MR) is 107 cm³/mol. The van der Waals surface area contributed by atoms with Crippen LogP contribution in [0.4, 0.5) is 5.69 Å². The number of thiazole rings is 1. The third kappa shape index (κ3) is 3.74. The second-order valence-corrected chi connectivity index (χ2v) is 7.50. The molecule has 1 saturated heterocycles. The van der Waals surface area contributed by atoms with Crippen molar-refractivity contribution in [2.75, 3.05) is 0 Å². The maximum Gasteiger partial charge on any atom is 0.264 e. The minimum absolute atomic E-state index is 0.159. The Labute approximate surface area is 158 Å². The second-order valence-electron chi connectivity index (χ2n) is 5.61. The third-order valence-corrected chi connectivity index (χ3v) is 5.36. The fourth-order valence-electron chi connectivity index (χ4n) is 2.39. The molecule has 7 heteroatoms. The molecule has 128 valence electrons. The second kappa shape index (κ2) is 7.23. The monoisotopic (exact) mass is 378 g/mol. The number of carbonyl (C=O) groups is 1. The number of thioether (sulfide) groups is 1. The fourth-order valence-corrected chi connectivity index (χ4v) is 3.97. The lowest BCUT2D eigenvalue weighted by Gasteiger charge is -1.97. The van der Waals surface area contributed by atoms with Gasteiger partial charge in [0.05, 0.1) is 22.0 Å². The van der Waals surface area contributed by atoms with Crippen LogP contribution in [-0.4, -0.2) is 21.0 Å². The van der Waals surface area contributed by atoms with Gasteiger partial charge in [-0.25, -0.2) is 9.98 Å². The molecule has 3 aromatic rings. The first-order valence-electron chi connectivity index (χ1n) is 7.90. The van der Waals surface area contributed by atoms with Crippen LogP contribution in [0.5, 0.6) is 0 Å². The summed E-state index contributed by atoms with van der Waals surface area (Å²) in [4.78, 5) is 26.1. The smallest absolute Gasteiger partial charge is 0.264 e. The highest BCUT2D eigenvalue weighted by atomic mass is 32.2. The highest BCUT2D eigenvalue weighted by Crippen LogP contribution is 2.29. The van der Waals surface area contributed by atoms with Crippen LogP contribution in [-0.2, 0) is 4.79 Å². The minimum atomic E-state index is -0.159. The first-order valence-corrected chi connectivity index (χ1v) is 9.60. The molecular weight excluding hydrogens is 364 g/mol. The number of nitrogens with one attached hydrogen (secondary N) is 1. The SMILES string of the molecule is Cc1cccc(N=C2NC(=O)/C(=C\c3csc(-c4ccccn4)n3)S2)c1. The largest absolute Gasteiger partial charge is 0.300 e. The average molecular weight is 378 g/mol. The van der Waals surface area contributed by atoms with Crippen molar-refractivity contribution in [3.05, 3.63) is 70.2 Å². The van der Waals surface area contributed by atoms with Crippen LogP contribution < -0.4 is 5.32 Å². The van der Waals surface area contributed by atoms with Gasteiger partial charge in [0.2, 0.25) is 0 Å². The highest BCUT2D eigenvalue weighted by molar-refractivity contribution is 8.18. The topological polar surface area (TPSA) is 67.2 Å². The van der Waals surface area contributed by atoms with Gasteiger partial charge < -0.3 is 5.32 Å². The average Bonchev–Trinajstić information content (AvgIpc) is 3.23. The van der Waals surface area contributed by atoms with E-state index in [1.807, 2.05) is 54.8 Å². The molecule has 3 heterocycles. The van der Waals surface area contributed by atoms with Gasteiger partial charge in [-0.2, -0.15) is 0 Å². The Balaban J connectivity index is 1.55. The van der Waals surface area contributed by atoms with E-state index >= 15 is 0 Å². The molecule has 1 aliphatic heterocycles. The van der Waals surface area contributed by atoms with Gasteiger partial charge in [0.15, 0.2) is 5.17 Å². The molecule has 4 rings (SSSR count). The molecule has 0 spiro atoms. The first-order chi connectivity index (χ1) is 12.7. The van der Waals surface area contributed by atoms with Gasteiger partial charge in [0.1, 0.15) is 5.01 Å². The molecule has 0 unspecified atom stereocenters. The Morgan fingerprint density at radius 3 is 2.92 bits per heavy atom. The summed E-state index contributed by atoms with van der Waals surface area (Å²) in [6.07, 6.45) is 3.52. The number of hydrogen-bond acceptors (Lipinski definition) is 6. The number of aromatic nitrogens is 2. The molecule has 0 radical (unpaired) electrons. The normalized spacial score (nSPS) is 17.0. The molecule has 5 nitrogen and oxygen atoms in total. The van der Waals surface area contributed by atoms with Gasteiger partial charge in [-0.15, -0.1) is 11.3 Å². The van der Waals surface area contributed by atoms with Crippen LogP contribution in [0.1, 0.15) is 11.3 Å². The van der Waals surface area contributed by atoms with Crippen LogP contribution in [0, 0.1) is 6.92 Å². The quantitative estimate of drug-likeness (QED) is 0.686. The highest BCUT2D eigenvalue weighted by Gasteiger charge is 2.24. The lowest BCUT2D eigenvalue weighted by molar-refractivity contribution is -0.115. The standard InChI is InChI=1S/C19H14N4OS2/c1-12-5-4-6-13(9-12)22-19-23-17(24)16(26-19)10-14-11-25-18(21-14)15-7-2-3-8-20-15/h2-11H,1H3,(H,22,23,24)/b16-10+. The zero-order valence-electron chi connectivity index (χ0n) is 13.8. The first kappa shape index (κ1) is 16.7. The van der Waals surface area contributed by atoms with Crippen LogP contribution in [0.3, 0.4) is 0 Å². The minimum Gasteiger partial charge on any atom is -0.300 e. The molecule has 1 aromatic carbocycles. The van der Waals surface area contributed by atoms with Crippen molar-refractivity contribution in [2.45, 2.75) is 6.92 Å². The van der Waals surface area contributed by atoms with E-state index < -0.39 is 0 Å². The van der Waals surface area contributed by atoms with Crippen molar-refractivity contribution in [2.24, 2.45) is 4.99 Å². The molecule has 1 N–H and O–H groups in total. The number of amidine groups is 1. The van der Waals surface area contributed by atoms with Crippen LogP contribution >= 0.6 is 23.1 Å². The van der Waals surface area contributed by atoms with Crippen molar-refractivity contribution in [1.82, 2.24) is 15.3 Å². The van der Waals surface area contributed by atoms with E-state index in [0.29, 0.717) is 10.1 Å². The summed E-state index contributed by atoms with van der Waals surface area (Å²) in [6, 6.07) is 13.6. The Morgan fingerprint density at radius 1 is 1.19 bits per heavy atom. The number of aryl methyl sites for hydroxylation is 1. The zero-order chi connectivity index (χ0) is 17.9. The maximum absolute atomic E-state index is 12.2. The van der Waals surface area contributed by atoms with Gasteiger partial charge in [-0.1, -0.05) is 18.2 Å². The van der Waals surface area contributed by atoms with Gasteiger partial charge in [0.25, 0.3) is 5.91 Å². The van der Waals surface area contributed by atoms with Crippen molar-refractivity contribution in [1.29, 1.82) is 0 Å². The Kier molecular flexibility index (Phi) is 4.64. The maximum atomic E-state index is 12.2. The molecule has 0 bridgehead atoms. The fraction of sp³-hybridized carbons (Fsp3) is 0.0526. The van der Waals surface area contributed by atoms with Gasteiger partial charge in [0, 0.05) is 11.6 Å². The summed E-state index contributed by atoms with van der Waals surface area (Å²) >= 11 is 2.82. The van der Waals surface area contributed by atoms with Crippen LogP contribution in [0.25, 0.3) is 16.8 Å². The van der Waals surface area contributed by atoms with E-state index in [-0.39, 0.29) is 5.91 Å². The molecule has 0 saturated carbocycles. The summed E-state index contributed by atoms with van der Waals surface area (Å²) in [5, 5.41) is 6.12. The summed E-state index contributed by atoms with van der Waals surface area (Å²) in [6.45, 7) is 2.01. The lowest BCUT2D eigenvalue weighted by Crippen LogP contribution is -2.19. The van der Waals surface area contributed by atoms with Crippen molar-refractivity contribution in [3.63, 3.8) is 0 Å². The number of nitrogens with zero attached hydrogens (tertiary/aromatic N) is 3. The Morgan fingerprint density at radius 2 is 2.12 bits per heavy atom. The zero-order valence-corrected chi connectivity index (χ0v) is 15.5. The van der Waals surface area contributed by atoms with Crippen molar-refractivity contribution < 1.29 is 4.79 Å². The van der Waals surface area contributed by atoms with E-state index in [0.717, 1.165) is 27.6 Å². The summed E-state index contributed by atoms with van der Waals surface area (Å²) in [5.41, 5.74) is 3.51. The molecule has 26 heavy (non-hydrogen) atoms. The van der Waals surface area contributed by atoms with E-state index in [1.165, 1.54) is 23.1 Å². The third-order valence-electron chi connectivity index (χ3n) is 3.57. The van der Waals surface area contributed by atoms with Gasteiger partial charge in [-0.05, 0) is 54.6 Å². The molecular formula is C19H14N4OS2. The molecule has 1 aliphatic rings. The number of hydrogen-bond donors (Lipinski definition) is 1. The number of carbonyl (C=O) groups excluding carboxylic acids is 1. The van der Waals surface area contributed by atoms with Crippen LogP contribution in [0.15, 0.2) is 63.9 Å². The summed E-state index contributed by atoms with van der Waals surface area (Å²) in [7, 11) is 0. The molecule has 1 fully saturated rings. The summed E-state index contributed by atoms with van der Waals surface area (Å²) in [5.74, 6) is -0.159. The molecule has 1 amide bonds. The number of benzene rings is 1.